The Morgan fingerprint density at radius 1 is 0.852 bits per heavy atom. The highest BCUT2D eigenvalue weighted by molar-refractivity contribution is 7.99. The third kappa shape index (κ3) is 7.56. The van der Waals surface area contributed by atoms with Crippen molar-refractivity contribution in [3.63, 3.8) is 0 Å². The zero-order valence-electron chi connectivity index (χ0n) is 30.2. The summed E-state index contributed by atoms with van der Waals surface area (Å²) in [5, 5.41) is 8.26. The number of nitrogens with zero attached hydrogens (tertiary/aromatic N) is 6. The Labute approximate surface area is 318 Å². The molecule has 1 atom stereocenters. The number of fused-ring (bicyclic) bond motifs is 2. The molecule has 3 aliphatic heterocycles. The number of piperidine rings is 2. The molecule has 0 saturated carbocycles. The van der Waals surface area contributed by atoms with Crippen molar-refractivity contribution in [2.75, 3.05) is 31.1 Å². The Morgan fingerprint density at radius 2 is 1.63 bits per heavy atom. The number of likely N-dealkylation sites (tertiary alicyclic amines) is 1. The van der Waals surface area contributed by atoms with Crippen LogP contribution in [0.3, 0.4) is 0 Å². The summed E-state index contributed by atoms with van der Waals surface area (Å²) in [4.78, 5) is 51.4. The Kier molecular flexibility index (Phi) is 10.6. The van der Waals surface area contributed by atoms with E-state index in [1.807, 2.05) is 66.7 Å². The summed E-state index contributed by atoms with van der Waals surface area (Å²) in [5.74, 6) is 2.18. The second kappa shape index (κ2) is 16.0. The fourth-order valence-electron chi connectivity index (χ4n) is 7.81. The smallest absolute Gasteiger partial charge is 0.255 e. The number of benzene rings is 3. The molecule has 2 fully saturated rings. The van der Waals surface area contributed by atoms with Crippen molar-refractivity contribution < 1.29 is 19.1 Å². The number of hydrogen-bond acceptors (Lipinski definition) is 10. The van der Waals surface area contributed by atoms with Crippen LogP contribution in [-0.4, -0.2) is 78.7 Å². The molecule has 278 valence electrons. The van der Waals surface area contributed by atoms with Crippen LogP contribution in [0.15, 0.2) is 84.0 Å². The summed E-state index contributed by atoms with van der Waals surface area (Å²) in [7, 11) is 0. The molecule has 1 unspecified atom stereocenters. The van der Waals surface area contributed by atoms with Crippen LogP contribution >= 0.6 is 11.8 Å². The number of aromatic nitrogens is 4. The second-order valence-corrected chi connectivity index (χ2v) is 15.3. The molecule has 5 heterocycles. The van der Waals surface area contributed by atoms with Gasteiger partial charge < -0.3 is 20.3 Å². The van der Waals surface area contributed by atoms with Gasteiger partial charge in [-0.25, -0.2) is 14.6 Å². The van der Waals surface area contributed by atoms with E-state index in [1.165, 1.54) is 12.7 Å². The summed E-state index contributed by atoms with van der Waals surface area (Å²) in [5.41, 5.74) is 10.6. The van der Waals surface area contributed by atoms with Gasteiger partial charge in [0.1, 0.15) is 35.4 Å². The molecular formula is C41H44N8O4S. The number of nitrogens with one attached hydrogen (secondary N) is 1. The molecule has 2 aromatic heterocycles. The van der Waals surface area contributed by atoms with Gasteiger partial charge in [-0.05, 0) is 98.5 Å². The molecule has 2 saturated heterocycles. The number of nitrogens with two attached hydrogens (primary N) is 1. The maximum Gasteiger partial charge on any atom is 0.255 e. The number of amides is 3. The molecule has 3 N–H and O–H groups in total. The number of carbonyl (C=O) groups excluding carboxylic acids is 3. The number of thioether (sulfide) groups is 1. The van der Waals surface area contributed by atoms with E-state index in [2.05, 4.69) is 30.9 Å². The normalized spacial score (nSPS) is 18.0. The Morgan fingerprint density at radius 3 is 2.43 bits per heavy atom. The van der Waals surface area contributed by atoms with Crippen LogP contribution in [0.2, 0.25) is 0 Å². The summed E-state index contributed by atoms with van der Waals surface area (Å²) in [6.07, 6.45) is 8.73. The first-order valence-electron chi connectivity index (χ1n) is 18.9. The van der Waals surface area contributed by atoms with E-state index in [0.717, 1.165) is 102 Å². The molecular weight excluding hydrogens is 701 g/mol. The van der Waals surface area contributed by atoms with E-state index in [4.69, 9.17) is 15.6 Å². The molecule has 3 amide bonds. The lowest BCUT2D eigenvalue weighted by Gasteiger charge is -2.32. The molecule has 0 bridgehead atoms. The average molecular weight is 745 g/mol. The van der Waals surface area contributed by atoms with Crippen LogP contribution in [0.5, 0.6) is 11.5 Å². The van der Waals surface area contributed by atoms with Crippen LogP contribution in [-0.2, 0) is 16.1 Å². The Bertz CT molecular complexity index is 2150. The van der Waals surface area contributed by atoms with E-state index in [1.54, 1.807) is 16.7 Å². The fourth-order valence-corrected chi connectivity index (χ4v) is 8.90. The molecule has 12 nitrogen and oxygen atoms in total. The summed E-state index contributed by atoms with van der Waals surface area (Å²) < 4.78 is 8.06. The third-order valence-corrected chi connectivity index (χ3v) is 11.9. The Hall–Kier alpha value is -5.27. The van der Waals surface area contributed by atoms with Crippen molar-refractivity contribution in [1.82, 2.24) is 34.9 Å². The second-order valence-electron chi connectivity index (χ2n) is 14.2. The molecule has 3 aliphatic rings. The molecule has 3 aromatic carbocycles. The first-order valence-corrected chi connectivity index (χ1v) is 19.9. The SMILES string of the molecule is Nc1ncnc2c1c(-c1ccc(Oc3ccccc3)cc1)nn2C1CCN(CCCCCCSc2cccc3c2CN(C2CCC(=O)NC2=O)C3=O)CC1. The largest absolute Gasteiger partial charge is 0.457 e. The topological polar surface area (TPSA) is 149 Å². The molecule has 0 radical (unpaired) electrons. The monoisotopic (exact) mass is 744 g/mol. The van der Waals surface area contributed by atoms with Crippen molar-refractivity contribution in [3.05, 3.63) is 90.3 Å². The van der Waals surface area contributed by atoms with Gasteiger partial charge in [-0.3, -0.25) is 19.7 Å². The number of carbonyl (C=O) groups is 3. The van der Waals surface area contributed by atoms with Crippen LogP contribution in [0, 0.1) is 0 Å². The lowest BCUT2D eigenvalue weighted by Crippen LogP contribution is -2.52. The van der Waals surface area contributed by atoms with Crippen molar-refractivity contribution >= 4 is 46.3 Å². The van der Waals surface area contributed by atoms with Crippen LogP contribution in [0.1, 0.15) is 73.3 Å². The predicted molar refractivity (Wildman–Crippen MR) is 208 cm³/mol. The number of imide groups is 1. The van der Waals surface area contributed by atoms with Crippen molar-refractivity contribution in [3.8, 4) is 22.8 Å². The van der Waals surface area contributed by atoms with Gasteiger partial charge in [0.05, 0.1) is 11.4 Å². The van der Waals surface area contributed by atoms with Gasteiger partial charge in [-0.1, -0.05) is 37.1 Å². The van der Waals surface area contributed by atoms with Crippen molar-refractivity contribution in [2.45, 2.75) is 74.9 Å². The highest BCUT2D eigenvalue weighted by Gasteiger charge is 2.39. The standard InChI is InChI=1S/C41H44N8O4S/c42-38-36-37(27-13-15-30(16-14-27)53-29-9-4-3-5-10-29)46-49(39(36)44-26-43-38)28-19-22-47(23-20-28)21-6-1-2-7-24-54-34-12-8-11-31-32(34)25-48(41(31)52)33-17-18-35(50)45-40(33)51/h3-5,8-16,26,28,33H,1-2,6-7,17-25H2,(H2,42,43,44)(H,45,50,51). The van der Waals surface area contributed by atoms with Crippen molar-refractivity contribution in [1.29, 1.82) is 0 Å². The van der Waals surface area contributed by atoms with Crippen LogP contribution in [0.25, 0.3) is 22.3 Å². The third-order valence-electron chi connectivity index (χ3n) is 10.7. The van der Waals surface area contributed by atoms with Gasteiger partial charge in [-0.15, -0.1) is 11.8 Å². The maximum atomic E-state index is 13.1. The first kappa shape index (κ1) is 35.7. The average Bonchev–Trinajstić information content (AvgIpc) is 3.75. The molecule has 8 rings (SSSR count). The maximum absolute atomic E-state index is 13.1. The van der Waals surface area contributed by atoms with Crippen molar-refractivity contribution in [2.24, 2.45) is 0 Å². The first-order chi connectivity index (χ1) is 26.4. The number of para-hydroxylation sites is 1. The van der Waals surface area contributed by atoms with Gasteiger partial charge in [0.2, 0.25) is 11.8 Å². The van der Waals surface area contributed by atoms with E-state index < -0.39 is 6.04 Å². The summed E-state index contributed by atoms with van der Waals surface area (Å²) in [6, 6.07) is 23.1. The number of anilines is 1. The van der Waals surface area contributed by atoms with E-state index in [9.17, 15) is 14.4 Å². The molecule has 13 heteroatoms. The minimum atomic E-state index is -0.589. The lowest BCUT2D eigenvalue weighted by atomic mass is 10.0. The van der Waals surface area contributed by atoms with Gasteiger partial charge >= 0.3 is 0 Å². The minimum Gasteiger partial charge on any atom is -0.457 e. The zero-order chi connectivity index (χ0) is 37.0. The van der Waals surface area contributed by atoms with E-state index >= 15 is 0 Å². The number of nitrogen functional groups attached to an aromatic ring is 1. The summed E-state index contributed by atoms with van der Waals surface area (Å²) in [6.45, 7) is 3.52. The van der Waals surface area contributed by atoms with Gasteiger partial charge in [-0.2, -0.15) is 5.10 Å². The van der Waals surface area contributed by atoms with E-state index in [-0.39, 0.29) is 30.2 Å². The lowest BCUT2D eigenvalue weighted by molar-refractivity contribution is -0.136. The predicted octanol–water partition coefficient (Wildman–Crippen LogP) is 6.62. The van der Waals surface area contributed by atoms with Crippen LogP contribution in [0.4, 0.5) is 5.82 Å². The molecule has 5 aromatic rings. The molecule has 0 spiro atoms. The number of unbranched alkanes of at least 4 members (excludes halogenated alkanes) is 3. The molecule has 54 heavy (non-hydrogen) atoms. The number of hydrogen-bond donors (Lipinski definition) is 2. The number of rotatable bonds is 13. The fraction of sp³-hybridized carbons (Fsp3) is 0.366. The van der Waals surface area contributed by atoms with Gasteiger partial charge in [0, 0.05) is 42.1 Å². The minimum absolute atomic E-state index is 0.121. The van der Waals surface area contributed by atoms with Gasteiger partial charge in [0.25, 0.3) is 5.91 Å². The van der Waals surface area contributed by atoms with Gasteiger partial charge in [0.15, 0.2) is 5.65 Å². The number of ether oxygens (including phenoxy) is 1. The van der Waals surface area contributed by atoms with E-state index in [0.29, 0.717) is 24.3 Å². The zero-order valence-corrected chi connectivity index (χ0v) is 31.0. The quantitative estimate of drug-likeness (QED) is 0.0766. The highest BCUT2D eigenvalue weighted by atomic mass is 32.2. The highest BCUT2D eigenvalue weighted by Crippen LogP contribution is 2.37. The Balaban J connectivity index is 0.793. The molecule has 0 aliphatic carbocycles. The summed E-state index contributed by atoms with van der Waals surface area (Å²) >= 11 is 1.79. The van der Waals surface area contributed by atoms with Crippen LogP contribution < -0.4 is 15.8 Å².